The molecule has 0 saturated heterocycles. The molecular weight excluding hydrogens is 326 g/mol. The minimum absolute atomic E-state index is 0.261. The van der Waals surface area contributed by atoms with Gasteiger partial charge in [-0.25, -0.2) is 4.39 Å². The Kier molecular flexibility index (Phi) is 4.74. The van der Waals surface area contributed by atoms with Crippen LogP contribution in [0.15, 0.2) is 73.3 Å². The molecule has 0 amide bonds. The summed E-state index contributed by atoms with van der Waals surface area (Å²) < 4.78 is 27.6. The summed E-state index contributed by atoms with van der Waals surface area (Å²) in [6.45, 7) is 1.64. The molecule has 0 aliphatic rings. The lowest BCUT2D eigenvalue weighted by Crippen LogP contribution is -2.36. The second kappa shape index (κ2) is 6.95. The summed E-state index contributed by atoms with van der Waals surface area (Å²) in [5, 5.41) is 0. The Hall–Kier alpha value is -2.49. The lowest BCUT2D eigenvalue weighted by Gasteiger charge is -2.02. The highest BCUT2D eigenvalue weighted by atomic mass is 31.1. The quantitative estimate of drug-likeness (QED) is 0.541. The first-order valence-electron chi connectivity index (χ1n) is 7.46. The molecule has 2 heterocycles. The first kappa shape index (κ1) is 16.4. The molecule has 2 atom stereocenters. The molecule has 4 nitrogen and oxygen atoms in total. The number of hydrogen-bond acceptors (Lipinski definition) is 2. The van der Waals surface area contributed by atoms with Gasteiger partial charge < -0.3 is 4.89 Å². The van der Waals surface area contributed by atoms with Crippen LogP contribution in [0, 0.1) is 5.82 Å². The SMILES string of the molecule is CC([n+]1ccc(-c2cc[n+](-c3ccc(F)cc3)cc2)cc1)[P+](=O)[O-]. The third-order valence-electron chi connectivity index (χ3n) is 3.88. The van der Waals surface area contributed by atoms with Crippen molar-refractivity contribution in [3.63, 3.8) is 0 Å². The van der Waals surface area contributed by atoms with E-state index in [4.69, 9.17) is 0 Å². The number of hydrogen-bond donors (Lipinski definition) is 0. The lowest BCUT2D eigenvalue weighted by molar-refractivity contribution is -0.701. The van der Waals surface area contributed by atoms with E-state index in [-0.39, 0.29) is 5.82 Å². The standard InChI is InChI=1S/C18H16FN2O2P/c1-14(24(22)23)20-10-6-15(7-11-20)16-8-12-21(13-9-16)18-4-2-17(19)3-5-18/h2-14H,1H3/q+2. The Bertz CT molecular complexity index is 850. The monoisotopic (exact) mass is 342 g/mol. The molecule has 2 unspecified atom stereocenters. The van der Waals surface area contributed by atoms with Crippen molar-refractivity contribution in [2.45, 2.75) is 12.7 Å². The van der Waals surface area contributed by atoms with Crippen molar-refractivity contribution in [2.24, 2.45) is 0 Å². The van der Waals surface area contributed by atoms with E-state index in [9.17, 15) is 13.8 Å². The molecule has 3 rings (SSSR count). The van der Waals surface area contributed by atoms with Crippen LogP contribution in [0.1, 0.15) is 12.7 Å². The molecular formula is C18H16FN2O2P+2. The normalized spacial score (nSPS) is 12.7. The largest absolute Gasteiger partial charge is 0.590 e. The summed E-state index contributed by atoms with van der Waals surface area (Å²) in [5.41, 5.74) is 2.88. The summed E-state index contributed by atoms with van der Waals surface area (Å²) in [4.78, 5) is 11.0. The minimum Gasteiger partial charge on any atom is -0.590 e. The topological polar surface area (TPSA) is 47.9 Å². The van der Waals surface area contributed by atoms with E-state index in [1.165, 1.54) is 12.1 Å². The van der Waals surface area contributed by atoms with Crippen LogP contribution in [-0.2, 0) is 4.57 Å². The summed E-state index contributed by atoms with van der Waals surface area (Å²) in [5.74, 6) is -0.826. The maximum absolute atomic E-state index is 13.0. The summed E-state index contributed by atoms with van der Waals surface area (Å²) >= 11 is 0. The first-order valence-corrected chi connectivity index (χ1v) is 8.71. The Labute approximate surface area is 140 Å². The van der Waals surface area contributed by atoms with Gasteiger partial charge in [0.25, 0.3) is 0 Å². The van der Waals surface area contributed by atoms with Crippen LogP contribution in [0.25, 0.3) is 16.8 Å². The van der Waals surface area contributed by atoms with E-state index in [2.05, 4.69) is 0 Å². The predicted octanol–water partition coefficient (Wildman–Crippen LogP) is 2.68. The maximum Gasteiger partial charge on any atom is 0.384 e. The highest BCUT2D eigenvalue weighted by Gasteiger charge is 2.24. The Morgan fingerprint density at radius 1 is 0.917 bits per heavy atom. The predicted molar refractivity (Wildman–Crippen MR) is 85.9 cm³/mol. The first-order chi connectivity index (χ1) is 11.5. The fourth-order valence-corrected chi connectivity index (χ4v) is 2.76. The zero-order chi connectivity index (χ0) is 17.1. The van der Waals surface area contributed by atoms with Crippen molar-refractivity contribution in [1.29, 1.82) is 0 Å². The zero-order valence-electron chi connectivity index (χ0n) is 13.0. The number of halogens is 1. The molecule has 0 bridgehead atoms. The van der Waals surface area contributed by atoms with Gasteiger partial charge in [-0.15, -0.1) is 0 Å². The summed E-state index contributed by atoms with van der Waals surface area (Å²) in [7, 11) is -2.50. The number of pyridine rings is 2. The molecule has 6 heteroatoms. The minimum atomic E-state index is -2.50. The van der Waals surface area contributed by atoms with E-state index >= 15 is 0 Å². The molecule has 0 aliphatic carbocycles. The van der Waals surface area contributed by atoms with Gasteiger partial charge in [0, 0.05) is 43.3 Å². The zero-order valence-corrected chi connectivity index (χ0v) is 13.9. The van der Waals surface area contributed by atoms with Crippen LogP contribution in [0.3, 0.4) is 0 Å². The Morgan fingerprint density at radius 3 is 1.92 bits per heavy atom. The molecule has 0 saturated carbocycles. The molecule has 2 aromatic heterocycles. The van der Waals surface area contributed by atoms with Crippen LogP contribution in [0.4, 0.5) is 4.39 Å². The average molecular weight is 342 g/mol. The van der Waals surface area contributed by atoms with Gasteiger partial charge in [-0.1, -0.05) is 4.57 Å². The van der Waals surface area contributed by atoms with E-state index in [1.807, 2.05) is 41.2 Å². The highest BCUT2D eigenvalue weighted by Crippen LogP contribution is 2.23. The van der Waals surface area contributed by atoms with Crippen LogP contribution in [-0.4, -0.2) is 0 Å². The number of rotatable bonds is 4. The molecule has 0 aliphatic heterocycles. The number of nitrogens with zero attached hydrogens (tertiary/aromatic N) is 2. The lowest BCUT2D eigenvalue weighted by atomic mass is 10.1. The Balaban J connectivity index is 1.83. The van der Waals surface area contributed by atoms with E-state index in [0.29, 0.717) is 0 Å². The second-order valence-corrected chi connectivity index (χ2v) is 6.74. The molecule has 3 aromatic rings. The van der Waals surface area contributed by atoms with Crippen LogP contribution in [0.2, 0.25) is 0 Å². The highest BCUT2D eigenvalue weighted by molar-refractivity contribution is 7.36. The Morgan fingerprint density at radius 2 is 1.42 bits per heavy atom. The van der Waals surface area contributed by atoms with Crippen molar-refractivity contribution in [2.75, 3.05) is 0 Å². The van der Waals surface area contributed by atoms with Crippen molar-refractivity contribution in [3.05, 3.63) is 79.1 Å². The third kappa shape index (κ3) is 3.53. The average Bonchev–Trinajstić information content (AvgIpc) is 2.62. The van der Waals surface area contributed by atoms with Gasteiger partial charge in [-0.05, 0) is 23.3 Å². The van der Waals surface area contributed by atoms with Crippen molar-refractivity contribution in [3.8, 4) is 16.8 Å². The van der Waals surface area contributed by atoms with Crippen molar-refractivity contribution in [1.82, 2.24) is 0 Å². The molecule has 0 fully saturated rings. The molecule has 0 N–H and O–H groups in total. The van der Waals surface area contributed by atoms with E-state index < -0.39 is 13.8 Å². The van der Waals surface area contributed by atoms with Gasteiger partial charge in [0.15, 0.2) is 24.8 Å². The van der Waals surface area contributed by atoms with Gasteiger partial charge >= 0.3 is 13.8 Å². The van der Waals surface area contributed by atoms with Crippen molar-refractivity contribution >= 4 is 8.03 Å². The van der Waals surface area contributed by atoms with Gasteiger partial charge in [-0.3, -0.25) is 0 Å². The van der Waals surface area contributed by atoms with Crippen LogP contribution >= 0.6 is 8.03 Å². The van der Waals surface area contributed by atoms with Gasteiger partial charge in [0.1, 0.15) is 5.82 Å². The molecule has 24 heavy (non-hydrogen) atoms. The van der Waals surface area contributed by atoms with E-state index in [0.717, 1.165) is 16.8 Å². The number of aromatic nitrogens is 2. The van der Waals surface area contributed by atoms with Crippen LogP contribution in [0.5, 0.6) is 0 Å². The van der Waals surface area contributed by atoms with E-state index in [1.54, 1.807) is 36.0 Å². The van der Waals surface area contributed by atoms with Crippen molar-refractivity contribution < 1.29 is 23.0 Å². The molecule has 0 radical (unpaired) electrons. The smallest absolute Gasteiger partial charge is 0.384 e. The molecule has 1 aromatic carbocycles. The maximum atomic E-state index is 13.0. The van der Waals surface area contributed by atoms with Gasteiger partial charge in [-0.2, -0.15) is 9.13 Å². The van der Waals surface area contributed by atoms with Gasteiger partial charge in [0.05, 0.1) is 0 Å². The third-order valence-corrected chi connectivity index (χ3v) is 4.75. The summed E-state index contributed by atoms with van der Waals surface area (Å²) in [6.07, 6.45) is 7.32. The number of benzene rings is 1. The fourth-order valence-electron chi connectivity index (χ4n) is 2.39. The fraction of sp³-hybridized carbons (Fsp3) is 0.111. The van der Waals surface area contributed by atoms with Crippen LogP contribution < -0.4 is 14.0 Å². The molecule has 120 valence electrons. The van der Waals surface area contributed by atoms with Gasteiger partial charge in [0.2, 0.25) is 5.69 Å². The molecule has 0 spiro atoms. The second-order valence-electron chi connectivity index (χ2n) is 5.42. The summed E-state index contributed by atoms with van der Waals surface area (Å²) in [6, 6.07) is 14.0.